The van der Waals surface area contributed by atoms with Crippen LogP contribution in [-0.4, -0.2) is 35.3 Å². The zero-order valence-corrected chi connectivity index (χ0v) is 25.0. The van der Waals surface area contributed by atoms with E-state index in [1.807, 2.05) is 49.6 Å². The van der Waals surface area contributed by atoms with Gasteiger partial charge >= 0.3 is 6.03 Å². The second-order valence-corrected chi connectivity index (χ2v) is 10.4. The molecule has 0 spiro atoms. The van der Waals surface area contributed by atoms with Crippen LogP contribution >= 0.6 is 0 Å². The number of nitrogens with zero attached hydrogens (tertiary/aromatic N) is 8. The summed E-state index contributed by atoms with van der Waals surface area (Å²) in [5.74, 6) is 0.706. The van der Waals surface area contributed by atoms with E-state index in [1.165, 1.54) is 21.7 Å². The fraction of sp³-hybridized carbons (Fsp3) is 0.0882. The van der Waals surface area contributed by atoms with Gasteiger partial charge in [0.2, 0.25) is 11.5 Å². The molecule has 6 aromatic rings. The molecule has 46 heavy (non-hydrogen) atoms. The van der Waals surface area contributed by atoms with Crippen molar-refractivity contribution in [3.05, 3.63) is 131 Å². The Balaban J connectivity index is 1.27. The number of aryl methyl sites for hydroxylation is 2. The monoisotopic (exact) mass is 608 g/mol. The van der Waals surface area contributed by atoms with Crippen molar-refractivity contribution in [3.63, 3.8) is 0 Å². The highest BCUT2D eigenvalue weighted by Crippen LogP contribution is 2.29. The number of urea groups is 1. The molecule has 2 N–H and O–H groups in total. The Bertz CT molecular complexity index is 2100. The number of benzene rings is 2. The molecule has 0 bridgehead atoms. The molecule has 0 unspecified atom stereocenters. The van der Waals surface area contributed by atoms with Crippen LogP contribution in [0.4, 0.5) is 27.9 Å². The average Bonchev–Trinajstić information content (AvgIpc) is 3.53. The Morgan fingerprint density at radius 3 is 2.33 bits per heavy atom. The molecule has 0 atom stereocenters. The maximum absolute atomic E-state index is 13.6. The van der Waals surface area contributed by atoms with Gasteiger partial charge in [0.25, 0.3) is 0 Å². The van der Waals surface area contributed by atoms with Crippen molar-refractivity contribution in [3.8, 4) is 28.5 Å². The lowest BCUT2D eigenvalue weighted by atomic mass is 10.1. The van der Waals surface area contributed by atoms with Crippen LogP contribution in [0.1, 0.15) is 11.1 Å². The molecule has 2 amide bonds. The first-order chi connectivity index (χ1) is 22.4. The molecule has 4 heterocycles. The smallest absolute Gasteiger partial charge is 0.327 e. The molecular formula is C34H28N10O2. The summed E-state index contributed by atoms with van der Waals surface area (Å²) < 4.78 is 3.14. The van der Waals surface area contributed by atoms with E-state index in [0.717, 1.165) is 16.7 Å². The number of nitriles is 1. The molecule has 226 valence electrons. The standard InChI is InChI=1S/C34H28N10O2/c1-42-21-25(9-15-31(42)45)32-26(16-35)19-37-33(41-32)40-28-10-12-29(13-11-28)44(34(46)38-17-23-6-4-3-5-7-23)30-14-8-24(18-36-30)27-20-39-43(2)22-27/h3-15,18-22H,17H2,1-2H3,(H,38,46)(H,37,40,41). The number of carbonyl (C=O) groups is 1. The van der Waals surface area contributed by atoms with Crippen molar-refractivity contribution in [2.75, 3.05) is 10.2 Å². The van der Waals surface area contributed by atoms with Crippen LogP contribution in [0.15, 0.2) is 115 Å². The third-order valence-electron chi connectivity index (χ3n) is 7.15. The maximum Gasteiger partial charge on any atom is 0.327 e. The molecule has 0 aliphatic heterocycles. The van der Waals surface area contributed by atoms with Crippen LogP contribution in [0, 0.1) is 11.3 Å². The SMILES string of the molecule is Cn1cc(-c2ccc(N(C(=O)NCc3ccccc3)c3ccc(Nc4ncc(C#N)c(-c5ccc(=O)n(C)c5)n4)cc3)nc2)cn1. The molecule has 12 nitrogen and oxygen atoms in total. The van der Waals surface area contributed by atoms with Crippen LogP contribution < -0.4 is 21.1 Å². The van der Waals surface area contributed by atoms with Crippen molar-refractivity contribution >= 4 is 29.2 Å². The van der Waals surface area contributed by atoms with Gasteiger partial charge in [0.15, 0.2) is 0 Å². The van der Waals surface area contributed by atoms with Crippen molar-refractivity contribution in [1.82, 2.24) is 34.6 Å². The predicted octanol–water partition coefficient (Wildman–Crippen LogP) is 5.30. The van der Waals surface area contributed by atoms with E-state index >= 15 is 0 Å². The van der Waals surface area contributed by atoms with Crippen LogP contribution in [-0.2, 0) is 20.6 Å². The Hall–Kier alpha value is -6.61. The number of hydrogen-bond acceptors (Lipinski definition) is 8. The van der Waals surface area contributed by atoms with Crippen LogP contribution in [0.25, 0.3) is 22.4 Å². The summed E-state index contributed by atoms with van der Waals surface area (Å²) in [5, 5.41) is 20.0. The molecule has 4 aromatic heterocycles. The van der Waals surface area contributed by atoms with Crippen LogP contribution in [0.5, 0.6) is 0 Å². The van der Waals surface area contributed by atoms with E-state index in [9.17, 15) is 14.9 Å². The summed E-state index contributed by atoms with van der Waals surface area (Å²) in [7, 11) is 3.48. The number of amides is 2. The van der Waals surface area contributed by atoms with Crippen molar-refractivity contribution < 1.29 is 4.79 Å². The van der Waals surface area contributed by atoms with Gasteiger partial charge in [0.05, 0.1) is 29.3 Å². The second-order valence-electron chi connectivity index (χ2n) is 10.4. The molecular weight excluding hydrogens is 580 g/mol. The first-order valence-corrected chi connectivity index (χ1v) is 14.3. The highest BCUT2D eigenvalue weighted by Gasteiger charge is 2.20. The van der Waals surface area contributed by atoms with E-state index in [2.05, 4.69) is 36.8 Å². The summed E-state index contributed by atoms with van der Waals surface area (Å²) in [6.45, 7) is 0.345. The fourth-order valence-electron chi connectivity index (χ4n) is 4.77. The summed E-state index contributed by atoms with van der Waals surface area (Å²) in [6.07, 6.45) is 8.43. The minimum Gasteiger partial charge on any atom is -0.333 e. The number of nitrogens with one attached hydrogen (secondary N) is 2. The van der Waals surface area contributed by atoms with E-state index in [1.54, 1.807) is 66.7 Å². The molecule has 0 aliphatic rings. The number of pyridine rings is 2. The van der Waals surface area contributed by atoms with E-state index < -0.39 is 0 Å². The average molecular weight is 609 g/mol. The molecule has 0 saturated carbocycles. The van der Waals surface area contributed by atoms with E-state index in [0.29, 0.717) is 35.0 Å². The largest absolute Gasteiger partial charge is 0.333 e. The number of anilines is 4. The molecule has 0 aliphatic carbocycles. The number of aromatic nitrogens is 6. The Morgan fingerprint density at radius 1 is 0.870 bits per heavy atom. The lowest BCUT2D eigenvalue weighted by Gasteiger charge is -2.23. The summed E-state index contributed by atoms with van der Waals surface area (Å²) in [5.41, 5.74) is 5.12. The van der Waals surface area contributed by atoms with Gasteiger partial charge in [-0.05, 0) is 48.0 Å². The zero-order valence-electron chi connectivity index (χ0n) is 25.0. The van der Waals surface area contributed by atoms with Crippen molar-refractivity contribution in [1.29, 1.82) is 5.26 Å². The third kappa shape index (κ3) is 6.48. The van der Waals surface area contributed by atoms with Crippen molar-refractivity contribution in [2.24, 2.45) is 14.1 Å². The first kappa shape index (κ1) is 29.5. The van der Waals surface area contributed by atoms with Gasteiger partial charge < -0.3 is 15.2 Å². The fourth-order valence-corrected chi connectivity index (χ4v) is 4.77. The van der Waals surface area contributed by atoms with Crippen molar-refractivity contribution in [2.45, 2.75) is 6.54 Å². The second kappa shape index (κ2) is 12.9. The van der Waals surface area contributed by atoms with Gasteiger partial charge in [-0.25, -0.2) is 24.6 Å². The lowest BCUT2D eigenvalue weighted by Crippen LogP contribution is -2.37. The Morgan fingerprint density at radius 2 is 1.65 bits per heavy atom. The van der Waals surface area contributed by atoms with E-state index in [4.69, 9.17) is 0 Å². The molecule has 0 fully saturated rings. The molecule has 0 radical (unpaired) electrons. The molecule has 6 rings (SSSR count). The number of hydrogen-bond donors (Lipinski definition) is 2. The highest BCUT2D eigenvalue weighted by molar-refractivity contribution is 5.98. The van der Waals surface area contributed by atoms with Gasteiger partial charge in [-0.15, -0.1) is 0 Å². The van der Waals surface area contributed by atoms with Crippen LogP contribution in [0.2, 0.25) is 0 Å². The summed E-state index contributed by atoms with van der Waals surface area (Å²) >= 11 is 0. The topological polar surface area (TPSA) is 147 Å². The summed E-state index contributed by atoms with van der Waals surface area (Å²) in [4.78, 5) is 40.4. The summed E-state index contributed by atoms with van der Waals surface area (Å²) in [6, 6.07) is 25.3. The molecule has 2 aromatic carbocycles. The van der Waals surface area contributed by atoms with E-state index in [-0.39, 0.29) is 23.1 Å². The number of carbonyl (C=O) groups excluding carboxylic acids is 1. The quantitative estimate of drug-likeness (QED) is 0.237. The normalized spacial score (nSPS) is 10.6. The van der Waals surface area contributed by atoms with Gasteiger partial charge in [-0.1, -0.05) is 30.3 Å². The van der Waals surface area contributed by atoms with Crippen LogP contribution in [0.3, 0.4) is 0 Å². The predicted molar refractivity (Wildman–Crippen MR) is 174 cm³/mol. The van der Waals surface area contributed by atoms with Gasteiger partial charge in [0.1, 0.15) is 11.9 Å². The Kier molecular flexibility index (Phi) is 8.29. The van der Waals surface area contributed by atoms with Gasteiger partial charge in [-0.3, -0.25) is 9.48 Å². The lowest BCUT2D eigenvalue weighted by molar-refractivity contribution is 0.248. The zero-order chi connectivity index (χ0) is 32.0. The minimum absolute atomic E-state index is 0.169. The van der Waals surface area contributed by atoms with Gasteiger partial charge in [0, 0.05) is 67.7 Å². The minimum atomic E-state index is -0.344. The third-order valence-corrected chi connectivity index (χ3v) is 7.15. The molecule has 0 saturated heterocycles. The van der Waals surface area contributed by atoms with Gasteiger partial charge in [-0.2, -0.15) is 10.4 Å². The molecule has 12 heteroatoms. The Labute approximate surface area is 264 Å². The number of rotatable bonds is 8. The highest BCUT2D eigenvalue weighted by atomic mass is 16.2. The maximum atomic E-state index is 13.6. The first-order valence-electron chi connectivity index (χ1n) is 14.3.